The van der Waals surface area contributed by atoms with Crippen LogP contribution in [-0.2, 0) is 0 Å². The molecule has 0 aromatic heterocycles. The fourth-order valence-corrected chi connectivity index (χ4v) is 4.28. The number of nitrogens with zero attached hydrogens (tertiary/aromatic N) is 1. The maximum absolute atomic E-state index is 9.71. The van der Waals surface area contributed by atoms with E-state index in [0.29, 0.717) is 12.5 Å². The van der Waals surface area contributed by atoms with Crippen molar-refractivity contribution in [3.05, 3.63) is 0 Å². The van der Waals surface area contributed by atoms with Gasteiger partial charge in [0.2, 0.25) is 0 Å². The van der Waals surface area contributed by atoms with Gasteiger partial charge >= 0.3 is 0 Å². The van der Waals surface area contributed by atoms with Crippen molar-refractivity contribution in [2.24, 2.45) is 11.8 Å². The average molecular weight is 268 g/mol. The zero-order chi connectivity index (χ0) is 13.7. The van der Waals surface area contributed by atoms with Crippen LogP contribution in [0, 0.1) is 11.8 Å². The summed E-state index contributed by atoms with van der Waals surface area (Å²) < 4.78 is 0. The normalized spacial score (nSPS) is 36.2. The molecular formula is C16H32N2O. The summed E-state index contributed by atoms with van der Waals surface area (Å²) in [6.45, 7) is 6.43. The van der Waals surface area contributed by atoms with Gasteiger partial charge in [0.15, 0.2) is 0 Å². The maximum Gasteiger partial charge on any atom is 0.0615 e. The Morgan fingerprint density at radius 2 is 2.16 bits per heavy atom. The molecule has 0 radical (unpaired) electrons. The van der Waals surface area contributed by atoms with Gasteiger partial charge in [0, 0.05) is 12.1 Å². The Bertz CT molecular complexity index is 265. The summed E-state index contributed by atoms with van der Waals surface area (Å²) in [5.74, 6) is 1.60. The van der Waals surface area contributed by atoms with E-state index in [1.54, 1.807) is 0 Å². The lowest BCUT2D eigenvalue weighted by atomic mass is 9.85. The first-order chi connectivity index (χ1) is 9.24. The molecule has 0 aromatic rings. The summed E-state index contributed by atoms with van der Waals surface area (Å²) in [6, 6.07) is 0. The monoisotopic (exact) mass is 268 g/mol. The molecule has 1 saturated carbocycles. The number of aliphatic hydroxyl groups is 1. The van der Waals surface area contributed by atoms with Crippen LogP contribution in [0.25, 0.3) is 0 Å². The summed E-state index contributed by atoms with van der Waals surface area (Å²) in [7, 11) is 2.02. The first-order valence-electron chi connectivity index (χ1n) is 8.26. The Labute approximate surface area is 118 Å². The molecule has 1 saturated heterocycles. The largest absolute Gasteiger partial charge is 0.394 e. The Balaban J connectivity index is 1.76. The third kappa shape index (κ3) is 3.50. The molecule has 1 heterocycles. The van der Waals surface area contributed by atoms with Crippen LogP contribution in [-0.4, -0.2) is 48.8 Å². The highest BCUT2D eigenvalue weighted by atomic mass is 16.3. The predicted molar refractivity (Wildman–Crippen MR) is 80.3 cm³/mol. The van der Waals surface area contributed by atoms with Crippen molar-refractivity contribution in [2.45, 2.75) is 57.4 Å². The highest BCUT2D eigenvalue weighted by Crippen LogP contribution is 2.37. The van der Waals surface area contributed by atoms with E-state index in [-0.39, 0.29) is 5.54 Å². The fraction of sp³-hybridized carbons (Fsp3) is 1.00. The van der Waals surface area contributed by atoms with Crippen LogP contribution in [0.15, 0.2) is 0 Å². The zero-order valence-electron chi connectivity index (χ0n) is 12.8. The lowest BCUT2D eigenvalue weighted by Gasteiger charge is -2.34. The summed E-state index contributed by atoms with van der Waals surface area (Å²) in [4.78, 5) is 2.65. The number of likely N-dealkylation sites (tertiary alicyclic amines) is 1. The molecule has 0 amide bonds. The van der Waals surface area contributed by atoms with Crippen LogP contribution in [0.4, 0.5) is 0 Å². The molecule has 2 aliphatic rings. The topological polar surface area (TPSA) is 35.5 Å². The summed E-state index contributed by atoms with van der Waals surface area (Å²) in [5, 5.41) is 13.1. The molecule has 1 aliphatic heterocycles. The van der Waals surface area contributed by atoms with E-state index in [9.17, 15) is 5.11 Å². The van der Waals surface area contributed by atoms with Crippen molar-refractivity contribution in [3.8, 4) is 0 Å². The number of hydrogen-bond acceptors (Lipinski definition) is 3. The minimum absolute atomic E-state index is 0.0164. The van der Waals surface area contributed by atoms with Gasteiger partial charge in [-0.1, -0.05) is 19.8 Å². The van der Waals surface area contributed by atoms with Crippen LogP contribution in [0.5, 0.6) is 0 Å². The predicted octanol–water partition coefficient (Wildman–Crippen LogP) is 2.25. The number of aliphatic hydroxyl groups excluding tert-OH is 1. The van der Waals surface area contributed by atoms with Crippen molar-refractivity contribution in [3.63, 3.8) is 0 Å². The molecular weight excluding hydrogens is 236 g/mol. The first-order valence-corrected chi connectivity index (χ1v) is 8.26. The van der Waals surface area contributed by atoms with Crippen LogP contribution in [0.1, 0.15) is 51.9 Å². The van der Waals surface area contributed by atoms with Crippen LogP contribution in [0.2, 0.25) is 0 Å². The van der Waals surface area contributed by atoms with E-state index in [1.165, 1.54) is 58.2 Å². The van der Waals surface area contributed by atoms with E-state index in [1.807, 2.05) is 7.05 Å². The molecule has 0 spiro atoms. The van der Waals surface area contributed by atoms with Gasteiger partial charge < -0.3 is 15.3 Å². The summed E-state index contributed by atoms with van der Waals surface area (Å²) in [5.41, 5.74) is 0.0164. The number of likely N-dealkylation sites (N-methyl/N-ethyl adjacent to an activating group) is 1. The van der Waals surface area contributed by atoms with Gasteiger partial charge in [-0.25, -0.2) is 0 Å². The highest BCUT2D eigenvalue weighted by molar-refractivity contribution is 4.98. The van der Waals surface area contributed by atoms with Crippen molar-refractivity contribution >= 4 is 0 Å². The van der Waals surface area contributed by atoms with Gasteiger partial charge in [-0.2, -0.15) is 0 Å². The lowest BCUT2D eigenvalue weighted by Crippen LogP contribution is -2.50. The van der Waals surface area contributed by atoms with Gasteiger partial charge in [0.25, 0.3) is 0 Å². The second kappa shape index (κ2) is 7.05. The lowest BCUT2D eigenvalue weighted by molar-refractivity contribution is 0.120. The van der Waals surface area contributed by atoms with Crippen molar-refractivity contribution in [1.29, 1.82) is 0 Å². The van der Waals surface area contributed by atoms with E-state index in [2.05, 4.69) is 17.1 Å². The third-order valence-electron chi connectivity index (χ3n) is 5.60. The number of hydrogen-bond donors (Lipinski definition) is 2. The average Bonchev–Trinajstić information content (AvgIpc) is 3.03. The van der Waals surface area contributed by atoms with Crippen molar-refractivity contribution in [2.75, 3.05) is 33.3 Å². The molecule has 3 heteroatoms. The summed E-state index contributed by atoms with van der Waals surface area (Å²) >= 11 is 0. The number of rotatable bonds is 7. The Morgan fingerprint density at radius 3 is 2.84 bits per heavy atom. The van der Waals surface area contributed by atoms with Crippen LogP contribution >= 0.6 is 0 Å². The van der Waals surface area contributed by atoms with E-state index >= 15 is 0 Å². The molecule has 2 rings (SSSR count). The van der Waals surface area contributed by atoms with Gasteiger partial charge in [0.1, 0.15) is 0 Å². The molecule has 1 aliphatic carbocycles. The maximum atomic E-state index is 9.71. The Morgan fingerprint density at radius 1 is 1.32 bits per heavy atom. The minimum atomic E-state index is 0.0164. The first kappa shape index (κ1) is 15.3. The van der Waals surface area contributed by atoms with Gasteiger partial charge in [0.05, 0.1) is 6.61 Å². The van der Waals surface area contributed by atoms with Crippen molar-refractivity contribution in [1.82, 2.24) is 10.2 Å². The molecule has 19 heavy (non-hydrogen) atoms. The van der Waals surface area contributed by atoms with Gasteiger partial charge in [-0.15, -0.1) is 0 Å². The Kier molecular flexibility index (Phi) is 5.67. The molecule has 2 N–H and O–H groups in total. The second-order valence-corrected chi connectivity index (χ2v) is 6.69. The molecule has 2 fully saturated rings. The molecule has 3 nitrogen and oxygen atoms in total. The quantitative estimate of drug-likeness (QED) is 0.743. The third-order valence-corrected chi connectivity index (χ3v) is 5.60. The zero-order valence-corrected chi connectivity index (χ0v) is 12.8. The van der Waals surface area contributed by atoms with E-state index < -0.39 is 0 Å². The second-order valence-electron chi connectivity index (χ2n) is 6.69. The minimum Gasteiger partial charge on any atom is -0.394 e. The molecule has 3 atom stereocenters. The Hall–Kier alpha value is -0.120. The standard InChI is InChI=1S/C16H32N2O/c1-3-5-14-7-10-18(12-14)11-8-15-6-4-9-16(15,13-19)17-2/h14-15,17,19H,3-13H2,1-2H3. The van der Waals surface area contributed by atoms with Crippen LogP contribution < -0.4 is 5.32 Å². The number of nitrogens with one attached hydrogen (secondary N) is 1. The SMILES string of the molecule is CCCC1CCN(CCC2CCCC2(CO)NC)C1. The smallest absolute Gasteiger partial charge is 0.0615 e. The molecule has 3 unspecified atom stereocenters. The van der Waals surface area contributed by atoms with Gasteiger partial charge in [-0.3, -0.25) is 0 Å². The van der Waals surface area contributed by atoms with Gasteiger partial charge in [-0.05, 0) is 64.1 Å². The summed E-state index contributed by atoms with van der Waals surface area (Å²) in [6.07, 6.45) is 9.07. The van der Waals surface area contributed by atoms with Crippen LogP contribution in [0.3, 0.4) is 0 Å². The van der Waals surface area contributed by atoms with E-state index in [0.717, 1.165) is 12.3 Å². The molecule has 0 aromatic carbocycles. The molecule has 0 bridgehead atoms. The van der Waals surface area contributed by atoms with Crippen molar-refractivity contribution < 1.29 is 5.11 Å². The highest BCUT2D eigenvalue weighted by Gasteiger charge is 2.40. The van der Waals surface area contributed by atoms with E-state index in [4.69, 9.17) is 0 Å². The molecule has 112 valence electrons. The fourth-order valence-electron chi connectivity index (χ4n) is 4.28.